The zero-order valence-electron chi connectivity index (χ0n) is 10.2. The number of nitrogens with two attached hydrogens (primary N) is 1. The van der Waals surface area contributed by atoms with Gasteiger partial charge in [-0.1, -0.05) is 6.92 Å². The lowest BCUT2D eigenvalue weighted by atomic mass is 10.1. The summed E-state index contributed by atoms with van der Waals surface area (Å²) in [6.45, 7) is 6.77. The van der Waals surface area contributed by atoms with Gasteiger partial charge in [-0.3, -0.25) is 4.90 Å². The van der Waals surface area contributed by atoms with Crippen LogP contribution in [0.4, 0.5) is 0 Å². The van der Waals surface area contributed by atoms with Crippen LogP contribution in [0.2, 0.25) is 0 Å². The van der Waals surface area contributed by atoms with Crippen molar-refractivity contribution in [2.75, 3.05) is 33.7 Å². The van der Waals surface area contributed by atoms with E-state index in [2.05, 4.69) is 36.9 Å². The Kier molecular flexibility index (Phi) is 3.72. The second-order valence-electron chi connectivity index (χ2n) is 5.23. The van der Waals surface area contributed by atoms with Gasteiger partial charge in [0.1, 0.15) is 5.54 Å². The van der Waals surface area contributed by atoms with Gasteiger partial charge in [-0.25, -0.2) is 0 Å². The molecule has 1 aliphatic rings. The first kappa shape index (κ1) is 12.4. The molecule has 1 rings (SSSR count). The fraction of sp³-hybridized carbons (Fsp3) is 0.909. The first-order valence-electron chi connectivity index (χ1n) is 5.44. The van der Waals surface area contributed by atoms with E-state index in [4.69, 9.17) is 11.0 Å². The number of hydrogen-bond acceptors (Lipinski definition) is 4. The summed E-state index contributed by atoms with van der Waals surface area (Å²) in [7, 11) is 4.22. The van der Waals surface area contributed by atoms with Gasteiger partial charge in [0.15, 0.2) is 0 Å². The highest BCUT2D eigenvalue weighted by Gasteiger charge is 2.33. The van der Waals surface area contributed by atoms with E-state index in [1.54, 1.807) is 6.92 Å². The van der Waals surface area contributed by atoms with Gasteiger partial charge in [-0.2, -0.15) is 5.26 Å². The third kappa shape index (κ3) is 3.16. The van der Waals surface area contributed by atoms with Gasteiger partial charge in [-0.15, -0.1) is 0 Å². The molecule has 0 aromatic heterocycles. The summed E-state index contributed by atoms with van der Waals surface area (Å²) in [5, 5.41) is 8.88. The number of nitriles is 1. The number of hydrogen-bond donors (Lipinski definition) is 1. The molecule has 0 spiro atoms. The van der Waals surface area contributed by atoms with Crippen molar-refractivity contribution in [3.05, 3.63) is 0 Å². The van der Waals surface area contributed by atoms with E-state index in [-0.39, 0.29) is 0 Å². The maximum Gasteiger partial charge on any atom is 0.114 e. The maximum atomic E-state index is 8.88. The molecule has 1 heterocycles. The molecule has 4 nitrogen and oxygen atoms in total. The predicted octanol–water partition coefficient (Wildman–Crippen LogP) is 0.109. The number of nitrogens with zero attached hydrogens (tertiary/aromatic N) is 3. The SMILES string of the molecule is CC1CN(CC(C)(N)C#N)CC1N(C)C. The molecule has 1 saturated heterocycles. The minimum Gasteiger partial charge on any atom is -0.313 e. The Morgan fingerprint density at radius 2 is 2.13 bits per heavy atom. The standard InChI is InChI=1S/C11H22N4/c1-9-5-15(6-10(9)14(3)4)8-11(2,13)7-12/h9-10H,5-6,8,13H2,1-4H3. The van der Waals surface area contributed by atoms with Crippen molar-refractivity contribution in [2.24, 2.45) is 11.7 Å². The molecular weight excluding hydrogens is 188 g/mol. The molecule has 0 amide bonds. The first-order valence-corrected chi connectivity index (χ1v) is 5.44. The second-order valence-corrected chi connectivity index (χ2v) is 5.23. The van der Waals surface area contributed by atoms with Crippen LogP contribution in [0.3, 0.4) is 0 Å². The molecule has 86 valence electrons. The summed E-state index contributed by atoms with van der Waals surface area (Å²) in [5.41, 5.74) is 5.13. The molecule has 0 bridgehead atoms. The number of rotatable bonds is 3. The van der Waals surface area contributed by atoms with Gasteiger partial charge in [-0.05, 0) is 26.9 Å². The Hall–Kier alpha value is -0.630. The van der Waals surface area contributed by atoms with Crippen molar-refractivity contribution in [3.63, 3.8) is 0 Å². The van der Waals surface area contributed by atoms with Gasteiger partial charge >= 0.3 is 0 Å². The topological polar surface area (TPSA) is 56.3 Å². The molecule has 0 aliphatic carbocycles. The van der Waals surface area contributed by atoms with Crippen LogP contribution >= 0.6 is 0 Å². The maximum absolute atomic E-state index is 8.88. The summed E-state index contributed by atoms with van der Waals surface area (Å²) in [5.74, 6) is 0.648. The molecule has 15 heavy (non-hydrogen) atoms. The Bertz CT molecular complexity index is 254. The lowest BCUT2D eigenvalue weighted by Gasteiger charge is -2.25. The van der Waals surface area contributed by atoms with E-state index in [0.717, 1.165) is 13.1 Å². The van der Waals surface area contributed by atoms with Crippen LogP contribution in [0.25, 0.3) is 0 Å². The molecule has 0 aromatic carbocycles. The van der Waals surface area contributed by atoms with Gasteiger partial charge in [0.25, 0.3) is 0 Å². The lowest BCUT2D eigenvalue weighted by molar-refractivity contribution is 0.242. The summed E-state index contributed by atoms with van der Waals surface area (Å²) >= 11 is 0. The van der Waals surface area contributed by atoms with Crippen molar-refractivity contribution >= 4 is 0 Å². The van der Waals surface area contributed by atoms with Gasteiger partial charge in [0, 0.05) is 25.7 Å². The van der Waals surface area contributed by atoms with Crippen molar-refractivity contribution in [2.45, 2.75) is 25.4 Å². The van der Waals surface area contributed by atoms with Crippen LogP contribution in [0, 0.1) is 17.2 Å². The molecule has 4 heteroatoms. The van der Waals surface area contributed by atoms with Crippen LogP contribution in [-0.4, -0.2) is 55.1 Å². The zero-order valence-corrected chi connectivity index (χ0v) is 10.2. The zero-order chi connectivity index (χ0) is 11.6. The molecule has 1 fully saturated rings. The smallest absolute Gasteiger partial charge is 0.114 e. The van der Waals surface area contributed by atoms with Gasteiger partial charge in [0.2, 0.25) is 0 Å². The molecule has 0 aromatic rings. The van der Waals surface area contributed by atoms with Gasteiger partial charge in [0.05, 0.1) is 6.07 Å². The Labute approximate surface area is 92.6 Å². The predicted molar refractivity (Wildman–Crippen MR) is 61.3 cm³/mol. The average Bonchev–Trinajstić information content (AvgIpc) is 2.46. The highest BCUT2D eigenvalue weighted by Crippen LogP contribution is 2.20. The van der Waals surface area contributed by atoms with Crippen LogP contribution in [0.15, 0.2) is 0 Å². The van der Waals surface area contributed by atoms with Crippen molar-refractivity contribution < 1.29 is 0 Å². The summed E-state index contributed by atoms with van der Waals surface area (Å²) in [6.07, 6.45) is 0. The molecule has 0 radical (unpaired) electrons. The Morgan fingerprint density at radius 3 is 2.53 bits per heavy atom. The average molecular weight is 210 g/mol. The molecule has 3 atom stereocenters. The largest absolute Gasteiger partial charge is 0.313 e. The van der Waals surface area contributed by atoms with Crippen molar-refractivity contribution in [1.82, 2.24) is 9.80 Å². The van der Waals surface area contributed by atoms with Crippen LogP contribution in [-0.2, 0) is 0 Å². The quantitative estimate of drug-likeness (QED) is 0.718. The summed E-state index contributed by atoms with van der Waals surface area (Å²) in [6, 6.07) is 2.73. The number of likely N-dealkylation sites (tertiary alicyclic amines) is 1. The third-order valence-electron chi connectivity index (χ3n) is 3.12. The lowest BCUT2D eigenvalue weighted by Crippen LogP contribution is -2.46. The minimum atomic E-state index is -0.721. The monoisotopic (exact) mass is 210 g/mol. The summed E-state index contributed by atoms with van der Waals surface area (Å²) < 4.78 is 0. The normalized spacial score (nSPS) is 31.5. The molecular formula is C11H22N4. The van der Waals surface area contributed by atoms with E-state index in [1.807, 2.05) is 0 Å². The fourth-order valence-corrected chi connectivity index (χ4v) is 2.35. The van der Waals surface area contributed by atoms with Crippen LogP contribution in [0.1, 0.15) is 13.8 Å². The number of likely N-dealkylation sites (N-methyl/N-ethyl adjacent to an activating group) is 1. The highest BCUT2D eigenvalue weighted by molar-refractivity contribution is 5.04. The fourth-order valence-electron chi connectivity index (χ4n) is 2.35. The molecule has 3 unspecified atom stereocenters. The Morgan fingerprint density at radius 1 is 1.53 bits per heavy atom. The van der Waals surface area contributed by atoms with Crippen LogP contribution < -0.4 is 5.73 Å². The first-order chi connectivity index (χ1) is 6.85. The summed E-state index contributed by atoms with van der Waals surface area (Å²) in [4.78, 5) is 4.55. The Balaban J connectivity index is 2.53. The van der Waals surface area contributed by atoms with Crippen LogP contribution in [0.5, 0.6) is 0 Å². The molecule has 2 N–H and O–H groups in total. The van der Waals surface area contributed by atoms with E-state index < -0.39 is 5.54 Å². The van der Waals surface area contributed by atoms with E-state index in [9.17, 15) is 0 Å². The van der Waals surface area contributed by atoms with Crippen molar-refractivity contribution in [3.8, 4) is 6.07 Å². The molecule has 1 aliphatic heterocycles. The van der Waals surface area contributed by atoms with Crippen molar-refractivity contribution in [1.29, 1.82) is 5.26 Å². The highest BCUT2D eigenvalue weighted by atomic mass is 15.2. The minimum absolute atomic E-state index is 0.583. The van der Waals surface area contributed by atoms with E-state index in [0.29, 0.717) is 18.5 Å². The van der Waals surface area contributed by atoms with Gasteiger partial charge < -0.3 is 10.6 Å². The molecule has 0 saturated carbocycles. The second kappa shape index (κ2) is 4.48. The third-order valence-corrected chi connectivity index (χ3v) is 3.12. The van der Waals surface area contributed by atoms with E-state index in [1.165, 1.54) is 0 Å². The van der Waals surface area contributed by atoms with E-state index >= 15 is 0 Å².